The average molecular weight is 465 g/mol. The highest BCUT2D eigenvalue weighted by atomic mass is 32.1. The fraction of sp³-hybridized carbons (Fsp3) is 0.0588. The van der Waals surface area contributed by atoms with E-state index >= 15 is 0 Å². The van der Waals surface area contributed by atoms with Crippen molar-refractivity contribution >= 4 is 11.3 Å². The first kappa shape index (κ1) is 22.5. The summed E-state index contributed by atoms with van der Waals surface area (Å²) in [6, 6.07) is 37.7. The summed E-state index contributed by atoms with van der Waals surface area (Å²) in [6.45, 7) is 4.18. The molecule has 35 heavy (non-hydrogen) atoms. The maximum absolute atomic E-state index is 3.51. The van der Waals surface area contributed by atoms with E-state index in [1.807, 2.05) is 12.1 Å². The van der Waals surface area contributed by atoms with Crippen molar-refractivity contribution in [3.8, 4) is 44.6 Å². The number of thiophene rings is 1. The molecule has 0 N–H and O–H groups in total. The lowest BCUT2D eigenvalue weighted by atomic mass is 10.0. The maximum atomic E-state index is 3.51. The zero-order valence-electron chi connectivity index (χ0n) is 19.8. The fourth-order valence-electron chi connectivity index (χ4n) is 3.80. The number of hydrogen-bond acceptors (Lipinski definition) is 1. The van der Waals surface area contributed by atoms with Crippen molar-refractivity contribution in [1.29, 1.82) is 0 Å². The van der Waals surface area contributed by atoms with Crippen LogP contribution >= 0.6 is 11.3 Å². The largest absolute Gasteiger partial charge is 0.132 e. The second-order valence-electron chi connectivity index (χ2n) is 8.47. The number of rotatable bonds is 2. The molecule has 0 aliphatic heterocycles. The highest BCUT2D eigenvalue weighted by Gasteiger charge is 2.18. The van der Waals surface area contributed by atoms with E-state index in [9.17, 15) is 0 Å². The van der Waals surface area contributed by atoms with Crippen molar-refractivity contribution in [2.45, 2.75) is 13.8 Å². The molecule has 5 aromatic rings. The normalized spacial score (nSPS) is 10.1. The highest BCUT2D eigenvalue weighted by molar-refractivity contribution is 7.19. The average Bonchev–Trinajstić information content (AvgIpc) is 3.27. The van der Waals surface area contributed by atoms with Crippen molar-refractivity contribution in [2.75, 3.05) is 0 Å². The van der Waals surface area contributed by atoms with Gasteiger partial charge in [0.1, 0.15) is 0 Å². The fourth-order valence-corrected chi connectivity index (χ4v) is 5.02. The van der Waals surface area contributed by atoms with E-state index < -0.39 is 0 Å². The van der Waals surface area contributed by atoms with E-state index in [1.54, 1.807) is 11.3 Å². The summed E-state index contributed by atoms with van der Waals surface area (Å²) in [5, 5.41) is 0. The molecule has 0 saturated carbocycles. The van der Waals surface area contributed by atoms with Crippen molar-refractivity contribution in [1.82, 2.24) is 0 Å². The third kappa shape index (κ3) is 5.28. The predicted octanol–water partition coefficient (Wildman–Crippen LogP) is 8.50. The van der Waals surface area contributed by atoms with Crippen molar-refractivity contribution in [2.24, 2.45) is 0 Å². The van der Waals surface area contributed by atoms with Crippen LogP contribution in [-0.4, -0.2) is 0 Å². The minimum atomic E-state index is 0.986. The van der Waals surface area contributed by atoms with E-state index in [-0.39, 0.29) is 0 Å². The van der Waals surface area contributed by atoms with Gasteiger partial charge in [-0.2, -0.15) is 0 Å². The SMILES string of the molecule is Cc1ccc(C#Cc2c(-c3ccccc3)sc(-c3ccccc3)c2C#Cc2ccc(C)cc2)cc1. The van der Waals surface area contributed by atoms with Gasteiger partial charge < -0.3 is 0 Å². The first-order chi connectivity index (χ1) is 17.2. The summed E-state index contributed by atoms with van der Waals surface area (Å²) in [7, 11) is 0. The summed E-state index contributed by atoms with van der Waals surface area (Å²) in [6.07, 6.45) is 0. The molecule has 4 aromatic carbocycles. The molecule has 0 aliphatic carbocycles. The lowest BCUT2D eigenvalue weighted by Gasteiger charge is -2.00. The molecule has 0 fully saturated rings. The van der Waals surface area contributed by atoms with Gasteiger partial charge in [-0.25, -0.2) is 0 Å². The lowest BCUT2D eigenvalue weighted by Crippen LogP contribution is -1.85. The van der Waals surface area contributed by atoms with Crippen LogP contribution in [-0.2, 0) is 0 Å². The number of benzene rings is 4. The Hall–Kier alpha value is -4.30. The summed E-state index contributed by atoms with van der Waals surface area (Å²) in [5.41, 5.74) is 8.75. The molecule has 0 amide bonds. The second-order valence-corrected chi connectivity index (χ2v) is 9.50. The molecule has 0 unspecified atom stereocenters. The Labute approximate surface area is 211 Å². The van der Waals surface area contributed by atoms with Crippen molar-refractivity contribution in [3.05, 3.63) is 143 Å². The molecular formula is C34H24S. The summed E-state index contributed by atoms with van der Waals surface area (Å²) < 4.78 is 0. The molecule has 1 heterocycles. The molecule has 1 heteroatoms. The van der Waals surface area contributed by atoms with Crippen LogP contribution in [0.1, 0.15) is 33.4 Å². The van der Waals surface area contributed by atoms with Gasteiger partial charge in [0.2, 0.25) is 0 Å². The monoisotopic (exact) mass is 464 g/mol. The first-order valence-electron chi connectivity index (χ1n) is 11.6. The Bertz CT molecular complexity index is 1440. The quantitative estimate of drug-likeness (QED) is 0.230. The third-order valence-electron chi connectivity index (χ3n) is 5.75. The van der Waals surface area contributed by atoms with Crippen LogP contribution in [0, 0.1) is 37.5 Å². The Morgan fingerprint density at radius 2 is 0.800 bits per heavy atom. The molecule has 166 valence electrons. The van der Waals surface area contributed by atoms with Crippen LogP contribution in [0.5, 0.6) is 0 Å². The van der Waals surface area contributed by atoms with Gasteiger partial charge in [-0.05, 0) is 49.2 Å². The molecule has 0 nitrogen and oxygen atoms in total. The van der Waals surface area contributed by atoms with Gasteiger partial charge in [0.25, 0.3) is 0 Å². The smallest absolute Gasteiger partial charge is 0.0598 e. The van der Waals surface area contributed by atoms with E-state index in [1.165, 1.54) is 11.1 Å². The molecule has 1 aromatic heterocycles. The molecule has 5 rings (SSSR count). The molecule has 0 aliphatic rings. The second kappa shape index (κ2) is 10.3. The predicted molar refractivity (Wildman–Crippen MR) is 150 cm³/mol. The summed E-state index contributed by atoms with van der Waals surface area (Å²) in [5.74, 6) is 13.8. The molecule has 0 spiro atoms. The van der Waals surface area contributed by atoms with Crippen LogP contribution in [0.3, 0.4) is 0 Å². The zero-order valence-corrected chi connectivity index (χ0v) is 20.6. The Morgan fingerprint density at radius 3 is 1.17 bits per heavy atom. The molecule has 0 saturated heterocycles. The van der Waals surface area contributed by atoms with Gasteiger partial charge in [0.15, 0.2) is 0 Å². The Morgan fingerprint density at radius 1 is 0.429 bits per heavy atom. The minimum Gasteiger partial charge on any atom is -0.132 e. The standard InChI is InChI=1S/C34H24S/c1-25-13-17-27(18-14-25)21-23-31-32(24-22-28-19-15-26(2)16-20-28)34(30-11-7-4-8-12-30)35-33(31)29-9-5-3-6-10-29/h3-20H,1-2H3. The molecule has 0 bridgehead atoms. The number of hydrogen-bond donors (Lipinski definition) is 0. The van der Waals surface area contributed by atoms with Crippen LogP contribution in [0.25, 0.3) is 20.9 Å². The van der Waals surface area contributed by atoms with Gasteiger partial charge in [-0.3, -0.25) is 0 Å². The van der Waals surface area contributed by atoms with Gasteiger partial charge in [-0.15, -0.1) is 11.3 Å². The van der Waals surface area contributed by atoms with Gasteiger partial charge in [0.05, 0.1) is 20.9 Å². The molecular weight excluding hydrogens is 440 g/mol. The maximum Gasteiger partial charge on any atom is 0.0598 e. The van der Waals surface area contributed by atoms with Crippen molar-refractivity contribution in [3.63, 3.8) is 0 Å². The summed E-state index contributed by atoms with van der Waals surface area (Å²) >= 11 is 1.76. The van der Waals surface area contributed by atoms with Gasteiger partial charge in [-0.1, -0.05) is 120 Å². The van der Waals surface area contributed by atoms with E-state index in [2.05, 4.69) is 135 Å². The summed E-state index contributed by atoms with van der Waals surface area (Å²) in [4.78, 5) is 2.30. The molecule has 0 atom stereocenters. The highest BCUT2D eigenvalue weighted by Crippen LogP contribution is 2.41. The van der Waals surface area contributed by atoms with E-state index in [0.29, 0.717) is 0 Å². The minimum absolute atomic E-state index is 0.986. The van der Waals surface area contributed by atoms with Crippen LogP contribution < -0.4 is 0 Å². The van der Waals surface area contributed by atoms with Gasteiger partial charge in [0, 0.05) is 11.1 Å². The van der Waals surface area contributed by atoms with Crippen LogP contribution in [0.2, 0.25) is 0 Å². The first-order valence-corrected chi connectivity index (χ1v) is 12.4. The van der Waals surface area contributed by atoms with Crippen LogP contribution in [0.15, 0.2) is 109 Å². The number of aryl methyl sites for hydroxylation is 2. The lowest BCUT2D eigenvalue weighted by molar-refractivity contribution is 1.46. The molecule has 0 radical (unpaired) electrons. The third-order valence-corrected chi connectivity index (χ3v) is 7.03. The van der Waals surface area contributed by atoms with Gasteiger partial charge >= 0.3 is 0 Å². The van der Waals surface area contributed by atoms with Crippen molar-refractivity contribution < 1.29 is 0 Å². The van der Waals surface area contributed by atoms with E-state index in [0.717, 1.165) is 43.1 Å². The zero-order chi connectivity index (χ0) is 24.0. The van der Waals surface area contributed by atoms with Crippen LogP contribution in [0.4, 0.5) is 0 Å². The Kier molecular flexibility index (Phi) is 6.63. The topological polar surface area (TPSA) is 0 Å². The Balaban J connectivity index is 1.74. The van der Waals surface area contributed by atoms with E-state index in [4.69, 9.17) is 0 Å².